The quantitative estimate of drug-likeness (QED) is 0.650. The summed E-state index contributed by atoms with van der Waals surface area (Å²) >= 11 is 0. The van der Waals surface area contributed by atoms with Crippen molar-refractivity contribution in [1.29, 1.82) is 0 Å². The van der Waals surface area contributed by atoms with Crippen molar-refractivity contribution in [3.8, 4) is 0 Å². The fourth-order valence-corrected chi connectivity index (χ4v) is 8.81. The van der Waals surface area contributed by atoms with Crippen LogP contribution in [0.5, 0.6) is 0 Å². The van der Waals surface area contributed by atoms with E-state index in [1.165, 1.54) is 11.1 Å². The zero-order valence-corrected chi connectivity index (χ0v) is 19.4. The minimum absolute atomic E-state index is 0.108. The Morgan fingerprint density at radius 1 is 1.31 bits per heavy atom. The number of rotatable bonds is 2. The number of nitrogens with one attached hydrogen (secondary N) is 1. The number of carbonyl (C=O) groups excluding carboxylic acids is 1. The Hall–Kier alpha value is -1.54. The highest BCUT2D eigenvalue weighted by atomic mass is 16.8. The lowest BCUT2D eigenvalue weighted by Gasteiger charge is -2.60. The number of aromatic nitrogens is 2. The summed E-state index contributed by atoms with van der Waals surface area (Å²) in [6, 6.07) is 0. The molecule has 4 fully saturated rings. The van der Waals surface area contributed by atoms with Gasteiger partial charge in [-0.05, 0) is 80.8 Å². The molecule has 0 bridgehead atoms. The Balaban J connectivity index is 1.43. The van der Waals surface area contributed by atoms with Crippen LogP contribution in [0.1, 0.15) is 64.6 Å². The van der Waals surface area contributed by atoms with Gasteiger partial charge in [-0.25, -0.2) is 0 Å². The van der Waals surface area contributed by atoms with E-state index in [0.29, 0.717) is 6.42 Å². The third-order valence-electron chi connectivity index (χ3n) is 9.85. The number of allylic oxidation sites excluding steroid dienone is 1. The average molecular weight is 443 g/mol. The Morgan fingerprint density at radius 2 is 2.09 bits per heavy atom. The smallest absolute Gasteiger partial charge is 0.193 e. The third kappa shape index (κ3) is 2.36. The monoisotopic (exact) mass is 442 g/mol. The van der Waals surface area contributed by atoms with Crippen molar-refractivity contribution in [2.45, 2.75) is 83.4 Å². The molecule has 3 saturated carbocycles. The first kappa shape index (κ1) is 21.0. The van der Waals surface area contributed by atoms with Gasteiger partial charge in [0.15, 0.2) is 17.2 Å². The van der Waals surface area contributed by atoms with Gasteiger partial charge in [0.2, 0.25) is 0 Å². The normalized spacial score (nSPS) is 48.2. The zero-order chi connectivity index (χ0) is 22.7. The molecular weight excluding hydrogens is 408 g/mol. The second kappa shape index (κ2) is 6.32. The highest BCUT2D eigenvalue weighted by Crippen LogP contribution is 2.70. The Kier molecular flexibility index (Phi) is 4.15. The number of carbonyl (C=O) groups is 1. The van der Waals surface area contributed by atoms with E-state index in [4.69, 9.17) is 9.47 Å². The van der Waals surface area contributed by atoms with Gasteiger partial charge in [0.1, 0.15) is 6.61 Å². The predicted octanol–water partition coefficient (Wildman–Crippen LogP) is 2.62. The summed E-state index contributed by atoms with van der Waals surface area (Å²) in [4.78, 5) is 13.3. The number of ketones is 1. The number of aromatic amines is 1. The van der Waals surface area contributed by atoms with Crippen LogP contribution in [0.2, 0.25) is 0 Å². The van der Waals surface area contributed by atoms with Gasteiger partial charge in [0, 0.05) is 5.41 Å². The molecule has 1 aromatic heterocycles. The highest BCUT2D eigenvalue weighted by Gasteiger charge is 2.76. The van der Waals surface area contributed by atoms with Gasteiger partial charge in [0.05, 0.1) is 24.1 Å². The highest BCUT2D eigenvalue weighted by molar-refractivity contribution is 5.91. The van der Waals surface area contributed by atoms with Gasteiger partial charge in [0.25, 0.3) is 0 Å². The minimum Gasteiger partial charge on any atom is -0.393 e. The molecule has 7 heteroatoms. The summed E-state index contributed by atoms with van der Waals surface area (Å²) in [5, 5.41) is 29.0. The van der Waals surface area contributed by atoms with Crippen LogP contribution in [0, 0.1) is 28.6 Å². The standard InChI is InChI=1S/C25H34N2O5/c1-22(2)31-20-8-16-15-6-5-14-7-17-13(11-26-27-17)9-23(14,3)21(15)18(29)10-24(16,4)25(20,32-22)19(30)12-28/h7,11,15-16,18,20-21,28-29H,5-6,8-10,12H2,1-4H3,(H,26,27)/t15-,16-,18-,20+,21?,23-,24-,25+/m0/s1. The van der Waals surface area contributed by atoms with Gasteiger partial charge in [-0.3, -0.25) is 9.89 Å². The van der Waals surface area contributed by atoms with E-state index in [1.54, 1.807) is 0 Å². The molecule has 1 aromatic rings. The molecule has 7 nitrogen and oxygen atoms in total. The topological polar surface area (TPSA) is 105 Å². The van der Waals surface area contributed by atoms with E-state index >= 15 is 0 Å². The van der Waals surface area contributed by atoms with Gasteiger partial charge in [-0.15, -0.1) is 0 Å². The first-order chi connectivity index (χ1) is 15.1. The molecule has 32 heavy (non-hydrogen) atoms. The molecule has 174 valence electrons. The lowest BCUT2D eigenvalue weighted by atomic mass is 9.45. The van der Waals surface area contributed by atoms with E-state index in [2.05, 4.69) is 30.1 Å². The first-order valence-electron chi connectivity index (χ1n) is 12.0. The third-order valence-corrected chi connectivity index (χ3v) is 9.85. The van der Waals surface area contributed by atoms with Gasteiger partial charge in [-0.1, -0.05) is 19.4 Å². The van der Waals surface area contributed by atoms with E-state index in [0.717, 1.165) is 31.4 Å². The predicted molar refractivity (Wildman–Crippen MR) is 116 cm³/mol. The van der Waals surface area contributed by atoms with E-state index in [9.17, 15) is 15.0 Å². The number of H-pyrrole nitrogens is 1. The van der Waals surface area contributed by atoms with Gasteiger partial charge < -0.3 is 19.7 Å². The number of fused-ring (bicyclic) bond motifs is 8. The van der Waals surface area contributed by atoms with Crippen molar-refractivity contribution in [2.24, 2.45) is 28.6 Å². The summed E-state index contributed by atoms with van der Waals surface area (Å²) < 4.78 is 12.7. The van der Waals surface area contributed by atoms with Crippen LogP contribution < -0.4 is 0 Å². The molecule has 6 rings (SSSR count). The number of hydrogen-bond donors (Lipinski definition) is 3. The van der Waals surface area contributed by atoms with Crippen molar-refractivity contribution in [3.63, 3.8) is 0 Å². The molecule has 3 N–H and O–H groups in total. The molecule has 4 aliphatic carbocycles. The van der Waals surface area contributed by atoms with Crippen LogP contribution in [-0.4, -0.2) is 56.4 Å². The van der Waals surface area contributed by atoms with Crippen molar-refractivity contribution in [2.75, 3.05) is 6.61 Å². The summed E-state index contributed by atoms with van der Waals surface area (Å²) in [6.45, 7) is 7.50. The maximum absolute atomic E-state index is 13.3. The molecule has 8 atom stereocenters. The van der Waals surface area contributed by atoms with Crippen LogP contribution in [0.25, 0.3) is 6.08 Å². The second-order valence-electron chi connectivity index (χ2n) is 11.8. The van der Waals surface area contributed by atoms with Crippen LogP contribution in [0.4, 0.5) is 0 Å². The molecule has 1 aliphatic heterocycles. The summed E-state index contributed by atoms with van der Waals surface area (Å²) in [7, 11) is 0. The molecule has 0 radical (unpaired) electrons. The van der Waals surface area contributed by atoms with Crippen LogP contribution in [0.15, 0.2) is 11.8 Å². The van der Waals surface area contributed by atoms with Crippen molar-refractivity contribution < 1.29 is 24.5 Å². The maximum Gasteiger partial charge on any atom is 0.193 e. The van der Waals surface area contributed by atoms with Crippen LogP contribution >= 0.6 is 0 Å². The lowest BCUT2D eigenvalue weighted by Crippen LogP contribution is -2.64. The molecule has 1 unspecified atom stereocenters. The second-order valence-corrected chi connectivity index (χ2v) is 11.8. The fourth-order valence-electron chi connectivity index (χ4n) is 8.81. The molecule has 0 aromatic carbocycles. The maximum atomic E-state index is 13.3. The number of nitrogens with zero attached hydrogens (tertiary/aromatic N) is 1. The minimum atomic E-state index is -1.21. The molecule has 1 saturated heterocycles. The molecule has 0 amide bonds. The number of hydrogen-bond acceptors (Lipinski definition) is 6. The van der Waals surface area contributed by atoms with Crippen molar-refractivity contribution in [1.82, 2.24) is 10.2 Å². The van der Waals surface area contributed by atoms with Gasteiger partial charge >= 0.3 is 0 Å². The molecular formula is C25H34N2O5. The average Bonchev–Trinajstić information content (AvgIpc) is 3.34. The molecule has 2 heterocycles. The molecule has 0 spiro atoms. The first-order valence-corrected chi connectivity index (χ1v) is 12.0. The van der Waals surface area contributed by atoms with Gasteiger partial charge in [-0.2, -0.15) is 5.10 Å². The van der Waals surface area contributed by atoms with E-state index in [-0.39, 0.29) is 29.0 Å². The lowest BCUT2D eigenvalue weighted by molar-refractivity contribution is -0.226. The van der Waals surface area contributed by atoms with E-state index < -0.39 is 35.6 Å². The van der Waals surface area contributed by atoms with Crippen LogP contribution in [-0.2, 0) is 20.7 Å². The Labute approximate surface area is 188 Å². The zero-order valence-electron chi connectivity index (χ0n) is 19.4. The number of aliphatic hydroxyl groups excluding tert-OH is 2. The summed E-state index contributed by atoms with van der Waals surface area (Å²) in [5.41, 5.74) is 1.78. The van der Waals surface area contributed by atoms with Crippen molar-refractivity contribution in [3.05, 3.63) is 23.0 Å². The van der Waals surface area contributed by atoms with Crippen molar-refractivity contribution >= 4 is 11.9 Å². The number of ether oxygens (including phenoxy) is 2. The van der Waals surface area contributed by atoms with E-state index in [1.807, 2.05) is 20.0 Å². The number of aliphatic hydroxyl groups is 2. The SMILES string of the molecule is CC1(C)O[C@@H]2C[C@H]3[C@@H]4CCC5=Cc6[nH]ncc6C[C@]5(C)C4[C@@H](O)C[C@]3(C)[C@]2(C(=O)CO)O1. The van der Waals surface area contributed by atoms with Crippen LogP contribution in [0.3, 0.4) is 0 Å². The fraction of sp³-hybridized carbons (Fsp3) is 0.760. The summed E-state index contributed by atoms with van der Waals surface area (Å²) in [6.07, 6.45) is 7.24. The number of Topliss-reactive ketones (excluding diaryl/α,β-unsaturated/α-hetero) is 1. The largest absolute Gasteiger partial charge is 0.393 e. The molecule has 5 aliphatic rings. The summed E-state index contributed by atoms with van der Waals surface area (Å²) in [5.74, 6) is -0.634. The Morgan fingerprint density at radius 3 is 2.84 bits per heavy atom. The Bertz CT molecular complexity index is 1020.